The largest absolute Gasteiger partial charge is 0.392 e. The van der Waals surface area contributed by atoms with Gasteiger partial charge in [0.05, 0.1) is 12.2 Å². The summed E-state index contributed by atoms with van der Waals surface area (Å²) in [6, 6.07) is 0. The molecule has 6 heteroatoms. The number of hydrogen-bond donors (Lipinski definition) is 1. The molecule has 0 spiro atoms. The van der Waals surface area contributed by atoms with E-state index >= 15 is 0 Å². The number of hydrogen-bond acceptors (Lipinski definition) is 2. The maximum atomic E-state index is 13.0. The van der Waals surface area contributed by atoms with Crippen LogP contribution < -0.4 is 0 Å². The Morgan fingerprint density at radius 1 is 1.54 bits per heavy atom. The molecule has 0 saturated heterocycles. The van der Waals surface area contributed by atoms with E-state index in [2.05, 4.69) is 4.98 Å². The molecule has 2 nitrogen and oxygen atoms in total. The maximum Gasteiger partial charge on any atom is 0.267 e. The summed E-state index contributed by atoms with van der Waals surface area (Å²) in [6.45, 7) is -0.638. The highest BCUT2D eigenvalue weighted by molar-refractivity contribution is 14.1. The first-order chi connectivity index (χ1) is 6.07. The number of aromatic nitrogens is 1. The van der Waals surface area contributed by atoms with Crippen LogP contribution in [0, 0.1) is 9.52 Å². The molecule has 0 atom stereocenters. The fraction of sp³-hybridized carbons (Fsp3) is 0.286. The fourth-order valence-corrected chi connectivity index (χ4v) is 1.30. The van der Waals surface area contributed by atoms with Gasteiger partial charge in [-0.2, -0.15) is 0 Å². The summed E-state index contributed by atoms with van der Waals surface area (Å²) in [7, 11) is 0. The van der Waals surface area contributed by atoms with Crippen molar-refractivity contribution < 1.29 is 18.3 Å². The van der Waals surface area contributed by atoms with Gasteiger partial charge in [-0.05, 0) is 22.6 Å². The average Bonchev–Trinajstić information content (AvgIpc) is 2.08. The zero-order valence-corrected chi connectivity index (χ0v) is 8.43. The van der Waals surface area contributed by atoms with E-state index in [-0.39, 0.29) is 9.26 Å². The van der Waals surface area contributed by atoms with Gasteiger partial charge in [-0.1, -0.05) is 0 Å². The summed E-state index contributed by atoms with van der Waals surface area (Å²) in [6.07, 6.45) is -1.88. The zero-order valence-electron chi connectivity index (χ0n) is 6.27. The van der Waals surface area contributed by atoms with E-state index in [0.717, 1.165) is 6.20 Å². The van der Waals surface area contributed by atoms with Crippen molar-refractivity contribution in [3.63, 3.8) is 0 Å². The van der Waals surface area contributed by atoms with Crippen LogP contribution in [0.15, 0.2) is 6.20 Å². The van der Waals surface area contributed by atoms with Gasteiger partial charge in [0.15, 0.2) is 5.82 Å². The maximum absolute atomic E-state index is 13.0. The Morgan fingerprint density at radius 3 is 2.62 bits per heavy atom. The Hall–Kier alpha value is -0.370. The van der Waals surface area contributed by atoms with Gasteiger partial charge in [0.1, 0.15) is 3.70 Å². The van der Waals surface area contributed by atoms with E-state index in [4.69, 9.17) is 5.11 Å². The Morgan fingerprint density at radius 2 is 2.15 bits per heavy atom. The van der Waals surface area contributed by atoms with Crippen molar-refractivity contribution in [2.75, 3.05) is 0 Å². The molecule has 1 rings (SSSR count). The van der Waals surface area contributed by atoms with Gasteiger partial charge in [-0.25, -0.2) is 18.2 Å². The third kappa shape index (κ3) is 2.11. The van der Waals surface area contributed by atoms with Crippen molar-refractivity contribution >= 4 is 22.6 Å². The highest BCUT2D eigenvalue weighted by atomic mass is 127. The van der Waals surface area contributed by atoms with Crippen LogP contribution in [0.2, 0.25) is 0 Å². The van der Waals surface area contributed by atoms with Crippen molar-refractivity contribution in [1.29, 1.82) is 0 Å². The number of rotatable bonds is 2. The van der Waals surface area contributed by atoms with Crippen LogP contribution in [-0.4, -0.2) is 10.1 Å². The summed E-state index contributed by atoms with van der Waals surface area (Å²) in [5.74, 6) is -1.05. The molecular formula is C7H5F3INO. The second-order valence-electron chi connectivity index (χ2n) is 2.26. The van der Waals surface area contributed by atoms with Crippen molar-refractivity contribution in [3.05, 3.63) is 26.8 Å². The zero-order chi connectivity index (χ0) is 10.0. The van der Waals surface area contributed by atoms with Gasteiger partial charge in [-0.15, -0.1) is 0 Å². The Kier molecular flexibility index (Phi) is 3.48. The summed E-state index contributed by atoms with van der Waals surface area (Å²) in [4.78, 5) is 3.51. The van der Waals surface area contributed by atoms with Gasteiger partial charge in [0.25, 0.3) is 6.43 Å². The number of pyridine rings is 1. The van der Waals surface area contributed by atoms with Gasteiger partial charge < -0.3 is 5.11 Å². The summed E-state index contributed by atoms with van der Waals surface area (Å²) in [5, 5.41) is 8.64. The van der Waals surface area contributed by atoms with Crippen LogP contribution in [0.1, 0.15) is 17.6 Å². The van der Waals surface area contributed by atoms with Gasteiger partial charge in [0.2, 0.25) is 0 Å². The van der Waals surface area contributed by atoms with Gasteiger partial charge in [0, 0.05) is 11.8 Å². The number of halogens is 4. The molecule has 0 amide bonds. The fourth-order valence-electron chi connectivity index (χ4n) is 0.875. The first kappa shape index (κ1) is 10.7. The molecule has 0 bridgehead atoms. The predicted octanol–water partition coefficient (Wildman–Crippen LogP) is 2.26. The Bertz CT molecular complexity index is 319. The minimum atomic E-state index is -2.93. The number of aliphatic hydroxyl groups excluding tert-OH is 1. The van der Waals surface area contributed by atoms with E-state index in [1.165, 1.54) is 22.6 Å². The molecule has 0 radical (unpaired) electrons. The first-order valence-corrected chi connectivity index (χ1v) is 4.37. The molecule has 0 saturated carbocycles. The number of alkyl halides is 2. The summed E-state index contributed by atoms with van der Waals surface area (Å²) in [5.41, 5.74) is -0.935. The molecule has 0 aromatic carbocycles. The van der Waals surface area contributed by atoms with Crippen molar-refractivity contribution in [3.8, 4) is 0 Å². The smallest absolute Gasteiger partial charge is 0.267 e. The molecule has 0 aliphatic carbocycles. The minimum Gasteiger partial charge on any atom is -0.392 e. The van der Waals surface area contributed by atoms with E-state index in [0.29, 0.717) is 0 Å². The second kappa shape index (κ2) is 4.23. The standard InChI is InChI=1S/C7H5F3INO/c8-5-4(6(9)10)3(2-13)1-12-7(5)11/h1,6,13H,2H2. The van der Waals surface area contributed by atoms with Crippen LogP contribution in [0.25, 0.3) is 0 Å². The van der Waals surface area contributed by atoms with Gasteiger partial charge in [-0.3, -0.25) is 0 Å². The normalized spacial score (nSPS) is 10.9. The van der Waals surface area contributed by atoms with Crippen LogP contribution >= 0.6 is 22.6 Å². The predicted molar refractivity (Wildman–Crippen MR) is 47.8 cm³/mol. The molecule has 72 valence electrons. The lowest BCUT2D eigenvalue weighted by Gasteiger charge is -2.07. The molecule has 1 N–H and O–H groups in total. The third-order valence-corrected chi connectivity index (χ3v) is 2.24. The monoisotopic (exact) mass is 303 g/mol. The molecule has 0 fully saturated rings. The third-order valence-electron chi connectivity index (χ3n) is 1.49. The topological polar surface area (TPSA) is 33.1 Å². The highest BCUT2D eigenvalue weighted by Crippen LogP contribution is 2.27. The minimum absolute atomic E-state index is 0.120. The van der Waals surface area contributed by atoms with Crippen LogP contribution in [0.4, 0.5) is 13.2 Å². The SMILES string of the molecule is OCc1cnc(I)c(F)c1C(F)F. The lowest BCUT2D eigenvalue weighted by atomic mass is 10.1. The number of nitrogens with zero attached hydrogens (tertiary/aromatic N) is 1. The lowest BCUT2D eigenvalue weighted by Crippen LogP contribution is -2.03. The number of aliphatic hydroxyl groups is 1. The van der Waals surface area contributed by atoms with Crippen LogP contribution in [-0.2, 0) is 6.61 Å². The molecule has 1 heterocycles. The van der Waals surface area contributed by atoms with E-state index in [1.807, 2.05) is 0 Å². The molecule has 1 aromatic rings. The van der Waals surface area contributed by atoms with Crippen LogP contribution in [0.5, 0.6) is 0 Å². The van der Waals surface area contributed by atoms with E-state index in [1.54, 1.807) is 0 Å². The van der Waals surface area contributed by atoms with E-state index < -0.39 is 24.4 Å². The molecule has 1 aromatic heterocycles. The molecule has 0 aliphatic heterocycles. The Labute approximate surface area is 85.9 Å². The summed E-state index contributed by atoms with van der Waals surface area (Å²) < 4.78 is 37.5. The Balaban J connectivity index is 3.32. The van der Waals surface area contributed by atoms with E-state index in [9.17, 15) is 13.2 Å². The molecule has 13 heavy (non-hydrogen) atoms. The summed E-state index contributed by atoms with van der Waals surface area (Å²) >= 11 is 1.52. The van der Waals surface area contributed by atoms with Crippen molar-refractivity contribution in [2.45, 2.75) is 13.0 Å². The quantitative estimate of drug-likeness (QED) is 0.671. The van der Waals surface area contributed by atoms with Crippen LogP contribution in [0.3, 0.4) is 0 Å². The van der Waals surface area contributed by atoms with Crippen molar-refractivity contribution in [2.24, 2.45) is 0 Å². The average molecular weight is 303 g/mol. The highest BCUT2D eigenvalue weighted by Gasteiger charge is 2.20. The van der Waals surface area contributed by atoms with Crippen molar-refractivity contribution in [1.82, 2.24) is 4.98 Å². The van der Waals surface area contributed by atoms with Gasteiger partial charge >= 0.3 is 0 Å². The first-order valence-electron chi connectivity index (χ1n) is 3.29. The molecule has 0 aliphatic rings. The second-order valence-corrected chi connectivity index (χ2v) is 3.28. The lowest BCUT2D eigenvalue weighted by molar-refractivity contribution is 0.141. The molecule has 0 unspecified atom stereocenters. The molecular weight excluding hydrogens is 298 g/mol.